The van der Waals surface area contributed by atoms with Gasteiger partial charge < -0.3 is 10.1 Å². The normalized spacial score (nSPS) is 17.1. The minimum Gasteiger partial charge on any atom is -0.494 e. The van der Waals surface area contributed by atoms with Gasteiger partial charge in [-0.2, -0.15) is 0 Å². The molecule has 0 bridgehead atoms. The predicted molar refractivity (Wildman–Crippen MR) is 66.8 cm³/mol. The highest BCUT2D eigenvalue weighted by Gasteiger charge is 2.30. The van der Waals surface area contributed by atoms with Gasteiger partial charge in [0.05, 0.1) is 6.61 Å². The highest BCUT2D eigenvalue weighted by molar-refractivity contribution is 5.30. The Balaban J connectivity index is 1.99. The van der Waals surface area contributed by atoms with Gasteiger partial charge >= 0.3 is 0 Å². The number of hydrogen-bond acceptors (Lipinski definition) is 2. The molecule has 88 valence electrons. The molecule has 0 saturated heterocycles. The minimum absolute atomic E-state index is 0.528. The fourth-order valence-corrected chi connectivity index (χ4v) is 2.10. The van der Waals surface area contributed by atoms with Crippen LogP contribution in [0.25, 0.3) is 0 Å². The Labute approximate surface area is 98.0 Å². The molecule has 0 aromatic heterocycles. The first kappa shape index (κ1) is 11.5. The summed E-state index contributed by atoms with van der Waals surface area (Å²) in [5.41, 5.74) is 1.38. The summed E-state index contributed by atoms with van der Waals surface area (Å²) < 4.78 is 5.58. The third-order valence-corrected chi connectivity index (χ3v) is 3.12. The first-order chi connectivity index (χ1) is 7.85. The zero-order chi connectivity index (χ0) is 11.4. The van der Waals surface area contributed by atoms with Gasteiger partial charge in [-0.25, -0.2) is 0 Å². The molecule has 0 aliphatic heterocycles. The van der Waals surface area contributed by atoms with Crippen LogP contribution in [0.15, 0.2) is 24.3 Å². The lowest BCUT2D eigenvalue weighted by molar-refractivity contribution is 0.317. The maximum absolute atomic E-state index is 5.58. The zero-order valence-corrected chi connectivity index (χ0v) is 10.2. The molecule has 1 unspecified atom stereocenters. The number of ether oxygens (including phenoxy) is 1. The van der Waals surface area contributed by atoms with E-state index in [1.165, 1.54) is 18.4 Å². The van der Waals surface area contributed by atoms with E-state index in [4.69, 9.17) is 4.74 Å². The zero-order valence-electron chi connectivity index (χ0n) is 10.2. The monoisotopic (exact) mass is 219 g/mol. The Kier molecular flexibility index (Phi) is 3.83. The van der Waals surface area contributed by atoms with Gasteiger partial charge in [0.25, 0.3) is 0 Å². The Morgan fingerprint density at radius 3 is 2.50 bits per heavy atom. The summed E-state index contributed by atoms with van der Waals surface area (Å²) in [4.78, 5) is 0. The third-order valence-electron chi connectivity index (χ3n) is 3.12. The van der Waals surface area contributed by atoms with E-state index in [9.17, 15) is 0 Å². The van der Waals surface area contributed by atoms with E-state index in [1.807, 2.05) is 7.05 Å². The maximum Gasteiger partial charge on any atom is 0.119 e. The van der Waals surface area contributed by atoms with E-state index in [0.717, 1.165) is 24.7 Å². The largest absolute Gasteiger partial charge is 0.494 e. The molecule has 0 amide bonds. The van der Waals surface area contributed by atoms with Gasteiger partial charge in [-0.05, 0) is 49.9 Å². The molecule has 2 nitrogen and oxygen atoms in total. The average Bonchev–Trinajstić information content (AvgIpc) is 3.13. The third kappa shape index (κ3) is 2.76. The highest BCUT2D eigenvalue weighted by atomic mass is 16.5. The fraction of sp³-hybridized carbons (Fsp3) is 0.571. The quantitative estimate of drug-likeness (QED) is 0.793. The second kappa shape index (κ2) is 5.35. The summed E-state index contributed by atoms with van der Waals surface area (Å²) in [7, 11) is 2.05. The van der Waals surface area contributed by atoms with Gasteiger partial charge in [0.2, 0.25) is 0 Å². The van der Waals surface area contributed by atoms with Crippen LogP contribution in [0.4, 0.5) is 0 Å². The summed E-state index contributed by atoms with van der Waals surface area (Å²) >= 11 is 0. The lowest BCUT2D eigenvalue weighted by Gasteiger charge is -2.16. The summed E-state index contributed by atoms with van der Waals surface area (Å²) in [6.07, 6.45) is 3.78. The van der Waals surface area contributed by atoms with Gasteiger partial charge in [-0.3, -0.25) is 0 Å². The lowest BCUT2D eigenvalue weighted by atomic mass is 10.0. The van der Waals surface area contributed by atoms with Crippen LogP contribution in [0, 0.1) is 5.92 Å². The van der Waals surface area contributed by atoms with E-state index >= 15 is 0 Å². The van der Waals surface area contributed by atoms with Crippen molar-refractivity contribution in [1.29, 1.82) is 0 Å². The van der Waals surface area contributed by atoms with Crippen molar-refractivity contribution < 1.29 is 4.74 Å². The fourth-order valence-electron chi connectivity index (χ4n) is 2.10. The van der Waals surface area contributed by atoms with Gasteiger partial charge in [-0.15, -0.1) is 0 Å². The minimum atomic E-state index is 0.528. The second-order valence-electron chi connectivity index (χ2n) is 4.52. The Morgan fingerprint density at radius 2 is 2.00 bits per heavy atom. The standard InChI is InChI=1S/C14H21NO/c1-3-10-16-13-8-6-12(7-9-13)14(15-2)11-4-5-11/h6-9,11,14-15H,3-5,10H2,1-2H3. The average molecular weight is 219 g/mol. The summed E-state index contributed by atoms with van der Waals surface area (Å²) in [5, 5.41) is 3.40. The van der Waals surface area contributed by atoms with Crippen molar-refractivity contribution in [3.63, 3.8) is 0 Å². The molecule has 0 spiro atoms. The SMILES string of the molecule is CCCOc1ccc(C(NC)C2CC2)cc1. The van der Waals surface area contributed by atoms with Crippen molar-refractivity contribution in [3.05, 3.63) is 29.8 Å². The molecule has 1 fully saturated rings. The molecule has 1 N–H and O–H groups in total. The van der Waals surface area contributed by atoms with Gasteiger partial charge in [0, 0.05) is 6.04 Å². The van der Waals surface area contributed by atoms with E-state index in [1.54, 1.807) is 0 Å². The molecule has 1 saturated carbocycles. The van der Waals surface area contributed by atoms with Crippen LogP contribution in [-0.4, -0.2) is 13.7 Å². The van der Waals surface area contributed by atoms with Crippen molar-refractivity contribution in [2.45, 2.75) is 32.2 Å². The van der Waals surface area contributed by atoms with Crippen molar-refractivity contribution >= 4 is 0 Å². The van der Waals surface area contributed by atoms with E-state index in [2.05, 4.69) is 36.5 Å². The van der Waals surface area contributed by atoms with Crippen LogP contribution >= 0.6 is 0 Å². The van der Waals surface area contributed by atoms with Crippen molar-refractivity contribution in [1.82, 2.24) is 5.32 Å². The molecule has 2 heteroatoms. The molecular weight excluding hydrogens is 198 g/mol. The van der Waals surface area contributed by atoms with Crippen LogP contribution in [0.1, 0.15) is 37.8 Å². The van der Waals surface area contributed by atoms with E-state index < -0.39 is 0 Å². The summed E-state index contributed by atoms with van der Waals surface area (Å²) in [6, 6.07) is 9.06. The molecular formula is C14H21NO. The summed E-state index contributed by atoms with van der Waals surface area (Å²) in [6.45, 7) is 2.93. The van der Waals surface area contributed by atoms with Gasteiger partial charge in [0.1, 0.15) is 5.75 Å². The molecule has 0 heterocycles. The van der Waals surface area contributed by atoms with Gasteiger partial charge in [0.15, 0.2) is 0 Å². The first-order valence-electron chi connectivity index (χ1n) is 6.25. The lowest BCUT2D eigenvalue weighted by Crippen LogP contribution is -2.18. The van der Waals surface area contributed by atoms with E-state index in [0.29, 0.717) is 6.04 Å². The van der Waals surface area contributed by atoms with Crippen LogP contribution < -0.4 is 10.1 Å². The molecule has 1 aliphatic rings. The molecule has 1 aromatic rings. The summed E-state index contributed by atoms with van der Waals surface area (Å²) in [5.74, 6) is 1.82. The smallest absolute Gasteiger partial charge is 0.119 e. The molecule has 16 heavy (non-hydrogen) atoms. The molecule has 2 rings (SSSR count). The van der Waals surface area contributed by atoms with Crippen LogP contribution in [0.2, 0.25) is 0 Å². The maximum atomic E-state index is 5.58. The number of rotatable bonds is 6. The first-order valence-corrected chi connectivity index (χ1v) is 6.25. The van der Waals surface area contributed by atoms with Crippen molar-refractivity contribution in [3.8, 4) is 5.75 Å². The Hall–Kier alpha value is -1.02. The Morgan fingerprint density at radius 1 is 1.31 bits per heavy atom. The van der Waals surface area contributed by atoms with Crippen molar-refractivity contribution in [2.75, 3.05) is 13.7 Å². The topological polar surface area (TPSA) is 21.3 Å². The van der Waals surface area contributed by atoms with Crippen molar-refractivity contribution in [2.24, 2.45) is 5.92 Å². The molecule has 1 aliphatic carbocycles. The number of nitrogens with one attached hydrogen (secondary N) is 1. The van der Waals surface area contributed by atoms with Gasteiger partial charge in [-0.1, -0.05) is 19.1 Å². The number of hydrogen-bond donors (Lipinski definition) is 1. The molecule has 0 radical (unpaired) electrons. The highest BCUT2D eigenvalue weighted by Crippen LogP contribution is 2.40. The number of benzene rings is 1. The Bertz CT molecular complexity index is 316. The van der Waals surface area contributed by atoms with Crippen LogP contribution in [-0.2, 0) is 0 Å². The second-order valence-corrected chi connectivity index (χ2v) is 4.52. The molecule has 1 aromatic carbocycles. The predicted octanol–water partition coefficient (Wildman–Crippen LogP) is 3.15. The van der Waals surface area contributed by atoms with Crippen LogP contribution in [0.5, 0.6) is 5.75 Å². The molecule has 1 atom stereocenters. The van der Waals surface area contributed by atoms with Crippen LogP contribution in [0.3, 0.4) is 0 Å². The van der Waals surface area contributed by atoms with E-state index in [-0.39, 0.29) is 0 Å².